The van der Waals surface area contributed by atoms with E-state index in [-0.39, 0.29) is 11.8 Å². The summed E-state index contributed by atoms with van der Waals surface area (Å²) in [6.45, 7) is 4.31. The number of nitrogens with zero attached hydrogens (tertiary/aromatic N) is 2. The predicted octanol–water partition coefficient (Wildman–Crippen LogP) is 2.85. The standard InChI is InChI=1S/C19H23N3O2S/c1-3-14-13-22(11-10-20-14)18(23)15-7-4-5-8-16(15)21(2)19(24)17-9-6-12-25-17/h4-9,12,14,20H,3,10-11,13H2,1-2H3/t14-/m0/s1. The van der Waals surface area contributed by atoms with Gasteiger partial charge < -0.3 is 15.1 Å². The van der Waals surface area contributed by atoms with Crippen molar-refractivity contribution in [3.63, 3.8) is 0 Å². The average Bonchev–Trinajstić information content (AvgIpc) is 3.21. The summed E-state index contributed by atoms with van der Waals surface area (Å²) in [5, 5.41) is 5.30. The first-order valence-corrected chi connectivity index (χ1v) is 9.43. The van der Waals surface area contributed by atoms with E-state index in [0.717, 1.165) is 13.0 Å². The van der Waals surface area contributed by atoms with Crippen molar-refractivity contribution in [3.8, 4) is 0 Å². The third-order valence-corrected chi connectivity index (χ3v) is 5.43. The molecule has 1 N–H and O–H groups in total. The Morgan fingerprint density at radius 2 is 2.08 bits per heavy atom. The number of thiophene rings is 1. The van der Waals surface area contributed by atoms with Crippen LogP contribution in [0.1, 0.15) is 33.4 Å². The van der Waals surface area contributed by atoms with Gasteiger partial charge in [0.1, 0.15) is 0 Å². The van der Waals surface area contributed by atoms with Crippen molar-refractivity contribution in [1.29, 1.82) is 0 Å². The lowest BCUT2D eigenvalue weighted by Gasteiger charge is -2.34. The van der Waals surface area contributed by atoms with Crippen molar-refractivity contribution in [2.45, 2.75) is 19.4 Å². The van der Waals surface area contributed by atoms with Crippen LogP contribution in [0.5, 0.6) is 0 Å². The molecular weight excluding hydrogens is 334 g/mol. The van der Waals surface area contributed by atoms with Crippen molar-refractivity contribution in [2.24, 2.45) is 0 Å². The smallest absolute Gasteiger partial charge is 0.268 e. The highest BCUT2D eigenvalue weighted by atomic mass is 32.1. The number of para-hydroxylation sites is 1. The maximum absolute atomic E-state index is 13.1. The highest BCUT2D eigenvalue weighted by Gasteiger charge is 2.26. The minimum absolute atomic E-state index is 0.0126. The van der Waals surface area contributed by atoms with Gasteiger partial charge in [0.2, 0.25) is 0 Å². The number of carbonyl (C=O) groups excluding carboxylic acids is 2. The molecule has 2 amide bonds. The van der Waals surface area contributed by atoms with Crippen LogP contribution in [-0.2, 0) is 0 Å². The monoisotopic (exact) mass is 357 g/mol. The molecule has 1 aromatic heterocycles. The normalized spacial score (nSPS) is 17.4. The van der Waals surface area contributed by atoms with Gasteiger partial charge in [-0.2, -0.15) is 0 Å². The SMILES string of the molecule is CC[C@H]1CN(C(=O)c2ccccc2N(C)C(=O)c2cccs2)CCN1. The Balaban J connectivity index is 1.85. The van der Waals surface area contributed by atoms with Crippen LogP contribution < -0.4 is 10.2 Å². The Labute approximate surface area is 152 Å². The molecule has 1 saturated heterocycles. The molecule has 0 bridgehead atoms. The number of hydrogen-bond acceptors (Lipinski definition) is 4. The summed E-state index contributed by atoms with van der Waals surface area (Å²) in [5.74, 6) is -0.108. The van der Waals surface area contributed by atoms with Crippen LogP contribution in [-0.4, -0.2) is 49.4 Å². The first kappa shape index (κ1) is 17.6. The van der Waals surface area contributed by atoms with E-state index in [1.165, 1.54) is 11.3 Å². The molecule has 0 radical (unpaired) electrons. The molecule has 2 aromatic rings. The van der Waals surface area contributed by atoms with Gasteiger partial charge in [0.15, 0.2) is 0 Å². The maximum atomic E-state index is 13.1. The second kappa shape index (κ2) is 7.80. The number of nitrogens with one attached hydrogen (secondary N) is 1. The topological polar surface area (TPSA) is 52.7 Å². The molecule has 5 nitrogen and oxygen atoms in total. The highest BCUT2D eigenvalue weighted by molar-refractivity contribution is 7.12. The Hall–Kier alpha value is -2.18. The molecule has 0 saturated carbocycles. The number of rotatable bonds is 4. The van der Waals surface area contributed by atoms with Crippen LogP contribution in [0, 0.1) is 0 Å². The van der Waals surface area contributed by atoms with E-state index in [4.69, 9.17) is 0 Å². The zero-order valence-electron chi connectivity index (χ0n) is 14.6. The molecule has 1 atom stereocenters. The Kier molecular flexibility index (Phi) is 5.50. The first-order chi connectivity index (χ1) is 12.1. The number of carbonyl (C=O) groups is 2. The third-order valence-electron chi connectivity index (χ3n) is 4.57. The summed E-state index contributed by atoms with van der Waals surface area (Å²) in [5.41, 5.74) is 1.23. The summed E-state index contributed by atoms with van der Waals surface area (Å²) < 4.78 is 0. The zero-order valence-corrected chi connectivity index (χ0v) is 15.4. The Bertz CT molecular complexity index is 745. The molecule has 3 rings (SSSR count). The molecule has 0 aliphatic carbocycles. The molecule has 1 aliphatic rings. The molecule has 1 fully saturated rings. The minimum atomic E-state index is -0.0954. The third kappa shape index (κ3) is 3.75. The quantitative estimate of drug-likeness (QED) is 0.915. The van der Waals surface area contributed by atoms with E-state index in [9.17, 15) is 9.59 Å². The van der Waals surface area contributed by atoms with Gasteiger partial charge in [-0.3, -0.25) is 9.59 Å². The fourth-order valence-corrected chi connectivity index (χ4v) is 3.77. The van der Waals surface area contributed by atoms with E-state index < -0.39 is 0 Å². The number of hydrogen-bond donors (Lipinski definition) is 1. The van der Waals surface area contributed by atoms with E-state index in [2.05, 4.69) is 12.2 Å². The van der Waals surface area contributed by atoms with Crippen molar-refractivity contribution in [1.82, 2.24) is 10.2 Å². The summed E-state index contributed by atoms with van der Waals surface area (Å²) in [6.07, 6.45) is 0.988. The van der Waals surface area contributed by atoms with Crippen molar-refractivity contribution < 1.29 is 9.59 Å². The fraction of sp³-hybridized carbons (Fsp3) is 0.368. The second-order valence-electron chi connectivity index (χ2n) is 6.17. The summed E-state index contributed by atoms with van der Waals surface area (Å²) in [6, 6.07) is 11.3. The van der Waals surface area contributed by atoms with E-state index >= 15 is 0 Å². The predicted molar refractivity (Wildman–Crippen MR) is 101 cm³/mol. The van der Waals surface area contributed by atoms with Gasteiger partial charge in [-0.05, 0) is 30.0 Å². The van der Waals surface area contributed by atoms with Crippen LogP contribution in [0.15, 0.2) is 41.8 Å². The van der Waals surface area contributed by atoms with Gasteiger partial charge in [-0.15, -0.1) is 11.3 Å². The lowest BCUT2D eigenvalue weighted by atomic mass is 10.1. The zero-order chi connectivity index (χ0) is 17.8. The highest BCUT2D eigenvalue weighted by Crippen LogP contribution is 2.24. The van der Waals surface area contributed by atoms with Gasteiger partial charge in [0, 0.05) is 32.7 Å². The molecule has 6 heteroatoms. The van der Waals surface area contributed by atoms with Gasteiger partial charge >= 0.3 is 0 Å². The maximum Gasteiger partial charge on any atom is 0.268 e. The van der Waals surface area contributed by atoms with E-state index in [1.54, 1.807) is 24.1 Å². The van der Waals surface area contributed by atoms with Gasteiger partial charge in [0.25, 0.3) is 11.8 Å². The van der Waals surface area contributed by atoms with Crippen LogP contribution in [0.25, 0.3) is 0 Å². The van der Waals surface area contributed by atoms with Crippen molar-refractivity contribution in [2.75, 3.05) is 31.6 Å². The molecule has 0 spiro atoms. The number of benzene rings is 1. The summed E-state index contributed by atoms with van der Waals surface area (Å²) in [7, 11) is 1.72. The van der Waals surface area contributed by atoms with Crippen LogP contribution in [0.4, 0.5) is 5.69 Å². The molecule has 2 heterocycles. The van der Waals surface area contributed by atoms with Gasteiger partial charge in [0.05, 0.1) is 16.1 Å². The Morgan fingerprint density at radius 1 is 1.28 bits per heavy atom. The second-order valence-corrected chi connectivity index (χ2v) is 7.12. The average molecular weight is 357 g/mol. The van der Waals surface area contributed by atoms with Crippen molar-refractivity contribution in [3.05, 3.63) is 52.2 Å². The Morgan fingerprint density at radius 3 is 2.80 bits per heavy atom. The first-order valence-electron chi connectivity index (χ1n) is 8.55. The van der Waals surface area contributed by atoms with Crippen molar-refractivity contribution >= 4 is 28.8 Å². The minimum Gasteiger partial charge on any atom is -0.336 e. The molecule has 1 aliphatic heterocycles. The van der Waals surface area contributed by atoms with Crippen LogP contribution >= 0.6 is 11.3 Å². The van der Waals surface area contributed by atoms with E-state index in [1.807, 2.05) is 34.5 Å². The lowest BCUT2D eigenvalue weighted by Crippen LogP contribution is -2.52. The molecule has 25 heavy (non-hydrogen) atoms. The lowest BCUT2D eigenvalue weighted by molar-refractivity contribution is 0.0702. The molecule has 132 valence electrons. The van der Waals surface area contributed by atoms with Crippen LogP contribution in [0.2, 0.25) is 0 Å². The number of amides is 2. The molecule has 1 aromatic carbocycles. The van der Waals surface area contributed by atoms with Gasteiger partial charge in [-0.25, -0.2) is 0 Å². The fourth-order valence-electron chi connectivity index (χ4n) is 3.08. The number of piperazine rings is 1. The largest absolute Gasteiger partial charge is 0.336 e. The summed E-state index contributed by atoms with van der Waals surface area (Å²) >= 11 is 1.40. The number of anilines is 1. The van der Waals surface area contributed by atoms with E-state index in [0.29, 0.717) is 35.3 Å². The molecular formula is C19H23N3O2S. The van der Waals surface area contributed by atoms with Gasteiger partial charge in [-0.1, -0.05) is 25.1 Å². The molecule has 0 unspecified atom stereocenters. The summed E-state index contributed by atoms with van der Waals surface area (Å²) in [4.78, 5) is 29.8. The van der Waals surface area contributed by atoms with Crippen LogP contribution in [0.3, 0.4) is 0 Å².